The zero-order chi connectivity index (χ0) is 13.0. The number of ether oxygens (including phenoxy) is 1. The lowest BCUT2D eigenvalue weighted by Crippen LogP contribution is -2.39. The molecule has 2 heteroatoms. The first-order chi connectivity index (χ1) is 8.67. The molecule has 1 fully saturated rings. The number of hydrogen-bond donors (Lipinski definition) is 1. The Morgan fingerprint density at radius 1 is 1.11 bits per heavy atom. The van der Waals surface area contributed by atoms with E-state index in [1.807, 2.05) is 0 Å². The third-order valence-electron chi connectivity index (χ3n) is 4.01. The fourth-order valence-corrected chi connectivity index (χ4v) is 2.79. The standard InChI is InChI=1S/C16H25NO/c1-3-14-8-7-13(11-15(14)4-2)12-18-16(17)9-5-6-10-16/h7-8,11H,3-6,9-10,12,17H2,1-2H3. The molecule has 0 amide bonds. The van der Waals surface area contributed by atoms with E-state index in [4.69, 9.17) is 10.5 Å². The van der Waals surface area contributed by atoms with Gasteiger partial charge >= 0.3 is 0 Å². The maximum atomic E-state index is 6.21. The monoisotopic (exact) mass is 247 g/mol. The van der Waals surface area contributed by atoms with Gasteiger partial charge in [0, 0.05) is 0 Å². The molecule has 0 bridgehead atoms. The van der Waals surface area contributed by atoms with Crippen LogP contribution in [0.15, 0.2) is 18.2 Å². The van der Waals surface area contributed by atoms with E-state index in [1.165, 1.54) is 29.5 Å². The van der Waals surface area contributed by atoms with Crippen molar-refractivity contribution >= 4 is 0 Å². The van der Waals surface area contributed by atoms with Crippen LogP contribution in [-0.2, 0) is 24.2 Å². The summed E-state index contributed by atoms with van der Waals surface area (Å²) in [6.07, 6.45) is 6.59. The quantitative estimate of drug-likeness (QED) is 0.807. The third-order valence-corrected chi connectivity index (χ3v) is 4.01. The van der Waals surface area contributed by atoms with Crippen molar-refractivity contribution in [2.75, 3.05) is 0 Å². The smallest absolute Gasteiger partial charge is 0.117 e. The van der Waals surface area contributed by atoms with Crippen molar-refractivity contribution in [3.05, 3.63) is 34.9 Å². The van der Waals surface area contributed by atoms with E-state index in [9.17, 15) is 0 Å². The molecular formula is C16H25NO. The topological polar surface area (TPSA) is 35.2 Å². The second-order valence-corrected chi connectivity index (χ2v) is 5.37. The largest absolute Gasteiger partial charge is 0.356 e. The third kappa shape index (κ3) is 3.12. The van der Waals surface area contributed by atoms with Crippen molar-refractivity contribution in [2.24, 2.45) is 5.73 Å². The van der Waals surface area contributed by atoms with Crippen LogP contribution in [0.5, 0.6) is 0 Å². The molecule has 0 aliphatic heterocycles. The van der Waals surface area contributed by atoms with Gasteiger partial charge in [-0.25, -0.2) is 0 Å². The van der Waals surface area contributed by atoms with Crippen LogP contribution in [0, 0.1) is 0 Å². The number of hydrogen-bond acceptors (Lipinski definition) is 2. The van der Waals surface area contributed by atoms with Crippen LogP contribution in [-0.4, -0.2) is 5.72 Å². The predicted octanol–water partition coefficient (Wildman–Crippen LogP) is 3.56. The SMILES string of the molecule is CCc1ccc(COC2(N)CCCC2)cc1CC. The Balaban J connectivity index is 2.01. The van der Waals surface area contributed by atoms with Crippen molar-refractivity contribution in [2.45, 2.75) is 64.7 Å². The maximum Gasteiger partial charge on any atom is 0.117 e. The minimum absolute atomic E-state index is 0.365. The minimum atomic E-state index is -0.365. The summed E-state index contributed by atoms with van der Waals surface area (Å²) in [5.74, 6) is 0. The van der Waals surface area contributed by atoms with E-state index in [0.29, 0.717) is 6.61 Å². The Labute approximate surface area is 111 Å². The highest BCUT2D eigenvalue weighted by atomic mass is 16.5. The fraction of sp³-hybridized carbons (Fsp3) is 0.625. The van der Waals surface area contributed by atoms with Gasteiger partial charge < -0.3 is 10.5 Å². The Morgan fingerprint density at radius 3 is 2.39 bits per heavy atom. The molecule has 1 aliphatic carbocycles. The van der Waals surface area contributed by atoms with Crippen LogP contribution >= 0.6 is 0 Å². The highest BCUT2D eigenvalue weighted by Crippen LogP contribution is 2.29. The van der Waals surface area contributed by atoms with E-state index in [2.05, 4.69) is 32.0 Å². The highest BCUT2D eigenvalue weighted by Gasteiger charge is 2.29. The van der Waals surface area contributed by atoms with Gasteiger partial charge in [-0.1, -0.05) is 32.0 Å². The van der Waals surface area contributed by atoms with E-state index in [1.54, 1.807) is 0 Å². The Hall–Kier alpha value is -0.860. The summed E-state index contributed by atoms with van der Waals surface area (Å²) in [6, 6.07) is 6.68. The number of rotatable bonds is 5. The van der Waals surface area contributed by atoms with Gasteiger partial charge in [0.15, 0.2) is 0 Å². The van der Waals surface area contributed by atoms with Gasteiger partial charge in [0.1, 0.15) is 5.72 Å². The lowest BCUT2D eigenvalue weighted by atomic mass is 10.0. The van der Waals surface area contributed by atoms with Gasteiger partial charge in [0.2, 0.25) is 0 Å². The van der Waals surface area contributed by atoms with Crippen LogP contribution in [0.1, 0.15) is 56.2 Å². The molecule has 18 heavy (non-hydrogen) atoms. The number of benzene rings is 1. The zero-order valence-electron chi connectivity index (χ0n) is 11.7. The average Bonchev–Trinajstić information content (AvgIpc) is 2.83. The molecule has 1 aliphatic rings. The molecule has 0 spiro atoms. The van der Waals surface area contributed by atoms with Crippen LogP contribution < -0.4 is 5.73 Å². The van der Waals surface area contributed by atoms with Gasteiger partial charge in [-0.15, -0.1) is 0 Å². The second kappa shape index (κ2) is 5.85. The summed E-state index contributed by atoms with van der Waals surface area (Å²) in [5, 5.41) is 0. The van der Waals surface area contributed by atoms with Gasteiger partial charge in [-0.2, -0.15) is 0 Å². The zero-order valence-corrected chi connectivity index (χ0v) is 11.7. The van der Waals surface area contributed by atoms with Crippen LogP contribution in [0.25, 0.3) is 0 Å². The summed E-state index contributed by atoms with van der Waals surface area (Å²) in [7, 11) is 0. The van der Waals surface area contributed by atoms with E-state index in [0.717, 1.165) is 25.7 Å². The molecule has 2 nitrogen and oxygen atoms in total. The van der Waals surface area contributed by atoms with Gasteiger partial charge in [0.25, 0.3) is 0 Å². The van der Waals surface area contributed by atoms with Crippen molar-refractivity contribution in [1.82, 2.24) is 0 Å². The normalized spacial score (nSPS) is 18.2. The molecule has 0 unspecified atom stereocenters. The molecule has 2 rings (SSSR count). The fourth-order valence-electron chi connectivity index (χ4n) is 2.79. The minimum Gasteiger partial charge on any atom is -0.356 e. The average molecular weight is 247 g/mol. The summed E-state index contributed by atoms with van der Waals surface area (Å²) in [6.45, 7) is 5.06. The number of aryl methyl sites for hydroxylation is 2. The lowest BCUT2D eigenvalue weighted by Gasteiger charge is -2.24. The van der Waals surface area contributed by atoms with Crippen molar-refractivity contribution < 1.29 is 4.74 Å². The first-order valence-electron chi connectivity index (χ1n) is 7.20. The molecule has 1 saturated carbocycles. The molecular weight excluding hydrogens is 222 g/mol. The molecule has 100 valence electrons. The summed E-state index contributed by atoms with van der Waals surface area (Å²) in [5.41, 5.74) is 9.99. The second-order valence-electron chi connectivity index (χ2n) is 5.37. The first kappa shape index (κ1) is 13.6. The molecule has 2 N–H and O–H groups in total. The maximum absolute atomic E-state index is 6.21. The Kier molecular flexibility index (Phi) is 4.41. The molecule has 0 saturated heterocycles. The number of nitrogens with two attached hydrogens (primary N) is 1. The van der Waals surface area contributed by atoms with Gasteiger partial charge in [0.05, 0.1) is 6.61 Å². The molecule has 0 atom stereocenters. The van der Waals surface area contributed by atoms with Crippen molar-refractivity contribution in [3.8, 4) is 0 Å². The van der Waals surface area contributed by atoms with E-state index >= 15 is 0 Å². The molecule has 1 aromatic rings. The van der Waals surface area contributed by atoms with Crippen molar-refractivity contribution in [3.63, 3.8) is 0 Å². The van der Waals surface area contributed by atoms with Crippen LogP contribution in [0.2, 0.25) is 0 Å². The summed E-state index contributed by atoms with van der Waals surface area (Å²) in [4.78, 5) is 0. The van der Waals surface area contributed by atoms with E-state index in [-0.39, 0.29) is 5.72 Å². The van der Waals surface area contributed by atoms with Crippen LogP contribution in [0.3, 0.4) is 0 Å². The van der Waals surface area contributed by atoms with Gasteiger partial charge in [-0.3, -0.25) is 0 Å². The van der Waals surface area contributed by atoms with Gasteiger partial charge in [-0.05, 0) is 55.2 Å². The molecule has 0 heterocycles. The Morgan fingerprint density at radius 2 is 1.78 bits per heavy atom. The molecule has 0 aromatic heterocycles. The lowest BCUT2D eigenvalue weighted by molar-refractivity contribution is -0.0473. The summed E-state index contributed by atoms with van der Waals surface area (Å²) < 4.78 is 5.93. The highest BCUT2D eigenvalue weighted by molar-refractivity contribution is 5.31. The van der Waals surface area contributed by atoms with Crippen molar-refractivity contribution in [1.29, 1.82) is 0 Å². The Bertz CT molecular complexity index is 394. The van der Waals surface area contributed by atoms with E-state index < -0.39 is 0 Å². The predicted molar refractivity (Wildman–Crippen MR) is 75.4 cm³/mol. The summed E-state index contributed by atoms with van der Waals surface area (Å²) >= 11 is 0. The molecule has 0 radical (unpaired) electrons. The molecule has 1 aromatic carbocycles. The first-order valence-corrected chi connectivity index (χ1v) is 7.20. The van der Waals surface area contributed by atoms with Crippen LogP contribution in [0.4, 0.5) is 0 Å².